The molecule has 0 atom stereocenters. The van der Waals surface area contributed by atoms with Crippen LogP contribution in [0.5, 0.6) is 11.5 Å². The monoisotopic (exact) mass is 432 g/mol. The molecule has 0 aliphatic carbocycles. The molecule has 0 unspecified atom stereocenters. The van der Waals surface area contributed by atoms with Crippen molar-refractivity contribution in [1.82, 2.24) is 10.6 Å². The summed E-state index contributed by atoms with van der Waals surface area (Å²) in [6, 6.07) is 9.57. The van der Waals surface area contributed by atoms with Gasteiger partial charge in [0.1, 0.15) is 0 Å². The highest BCUT2D eigenvalue weighted by Gasteiger charge is 2.04. The van der Waals surface area contributed by atoms with Crippen LogP contribution in [0.4, 0.5) is 8.78 Å². The number of nitrogens with one attached hydrogen (secondary N) is 2. The van der Waals surface area contributed by atoms with Crippen molar-refractivity contribution >= 4 is 12.0 Å². The van der Waals surface area contributed by atoms with Crippen LogP contribution < -0.4 is 20.1 Å². The zero-order valence-electron chi connectivity index (χ0n) is 18.0. The molecule has 1 amide bonds. The van der Waals surface area contributed by atoms with E-state index in [1.165, 1.54) is 11.6 Å². The Morgan fingerprint density at radius 2 is 1.71 bits per heavy atom. The van der Waals surface area contributed by atoms with Crippen molar-refractivity contribution < 1.29 is 23.0 Å². The molecule has 0 fully saturated rings. The van der Waals surface area contributed by atoms with E-state index >= 15 is 0 Å². The summed E-state index contributed by atoms with van der Waals surface area (Å²) in [5.41, 5.74) is 1.71. The fourth-order valence-electron chi connectivity index (χ4n) is 3.01. The van der Waals surface area contributed by atoms with Crippen LogP contribution in [0.3, 0.4) is 0 Å². The average molecular weight is 433 g/mol. The maximum absolute atomic E-state index is 13.1. The zero-order valence-corrected chi connectivity index (χ0v) is 18.0. The molecule has 2 aromatic carbocycles. The van der Waals surface area contributed by atoms with Crippen molar-refractivity contribution in [3.63, 3.8) is 0 Å². The number of aryl methyl sites for hydroxylation is 1. The van der Waals surface area contributed by atoms with Crippen LogP contribution >= 0.6 is 0 Å². The van der Waals surface area contributed by atoms with E-state index in [0.717, 1.165) is 56.0 Å². The maximum Gasteiger partial charge on any atom is 0.223 e. The first-order valence-electron chi connectivity index (χ1n) is 10.3. The van der Waals surface area contributed by atoms with Crippen molar-refractivity contribution in [1.29, 1.82) is 0 Å². The highest BCUT2D eigenvalue weighted by atomic mass is 19.2. The molecule has 0 aromatic heterocycles. The summed E-state index contributed by atoms with van der Waals surface area (Å²) >= 11 is 0. The molecule has 0 bridgehead atoms. The highest BCUT2D eigenvalue weighted by Crippen LogP contribution is 2.27. The Labute approximate surface area is 182 Å². The summed E-state index contributed by atoms with van der Waals surface area (Å²) in [6.07, 6.45) is 6.19. The van der Waals surface area contributed by atoms with Crippen LogP contribution in [-0.4, -0.2) is 39.8 Å². The molecule has 0 radical (unpaired) electrons. The van der Waals surface area contributed by atoms with Gasteiger partial charge in [-0.2, -0.15) is 0 Å². The smallest absolute Gasteiger partial charge is 0.223 e. The number of ether oxygens (including phenoxy) is 2. The van der Waals surface area contributed by atoms with Crippen molar-refractivity contribution in [3.8, 4) is 11.5 Å². The third-order valence-corrected chi connectivity index (χ3v) is 4.68. The number of methoxy groups -OCH3 is 2. The second-order valence-corrected chi connectivity index (χ2v) is 7.03. The lowest BCUT2D eigenvalue weighted by molar-refractivity contribution is -0.120. The van der Waals surface area contributed by atoms with Gasteiger partial charge in [0.05, 0.1) is 14.2 Å². The molecule has 0 saturated carbocycles. The Kier molecular flexibility index (Phi) is 10.5. The molecule has 0 aliphatic rings. The molecule has 2 aromatic rings. The van der Waals surface area contributed by atoms with E-state index in [4.69, 9.17) is 9.47 Å². The molecule has 2 N–H and O–H groups in total. The summed E-state index contributed by atoms with van der Waals surface area (Å²) in [4.78, 5) is 11.8. The molecule has 0 spiro atoms. The van der Waals surface area contributed by atoms with Crippen molar-refractivity contribution in [2.24, 2.45) is 0 Å². The van der Waals surface area contributed by atoms with Gasteiger partial charge in [0, 0.05) is 13.0 Å². The third-order valence-electron chi connectivity index (χ3n) is 4.68. The first kappa shape index (κ1) is 24.3. The van der Waals surface area contributed by atoms with E-state index in [1.54, 1.807) is 26.4 Å². The molecule has 168 valence electrons. The minimum absolute atomic E-state index is 0.104. The summed E-state index contributed by atoms with van der Waals surface area (Å²) in [5, 5.41) is 6.21. The quantitative estimate of drug-likeness (QED) is 0.468. The van der Waals surface area contributed by atoms with Crippen molar-refractivity contribution in [2.75, 3.05) is 33.9 Å². The second-order valence-electron chi connectivity index (χ2n) is 7.03. The van der Waals surface area contributed by atoms with Crippen LogP contribution in [0.2, 0.25) is 0 Å². The topological polar surface area (TPSA) is 59.6 Å². The fourth-order valence-corrected chi connectivity index (χ4v) is 3.01. The van der Waals surface area contributed by atoms with Gasteiger partial charge in [-0.05, 0) is 67.7 Å². The fraction of sp³-hybridized carbons (Fsp3) is 0.375. The molecule has 0 aliphatic heterocycles. The van der Waals surface area contributed by atoms with Gasteiger partial charge in [0.15, 0.2) is 23.1 Å². The van der Waals surface area contributed by atoms with Crippen LogP contribution in [0, 0.1) is 11.6 Å². The largest absolute Gasteiger partial charge is 0.493 e. The highest BCUT2D eigenvalue weighted by molar-refractivity contribution is 5.78. The summed E-state index contributed by atoms with van der Waals surface area (Å²) in [6.45, 7) is 2.29. The number of carbonyl (C=O) groups excluding carboxylic acids is 1. The lowest BCUT2D eigenvalue weighted by atomic mass is 10.1. The first-order valence-corrected chi connectivity index (χ1v) is 10.3. The number of halogens is 2. The summed E-state index contributed by atoms with van der Waals surface area (Å²) in [7, 11) is 3.25. The Morgan fingerprint density at radius 1 is 0.935 bits per heavy atom. The predicted molar refractivity (Wildman–Crippen MR) is 118 cm³/mol. The van der Waals surface area contributed by atoms with Crippen molar-refractivity contribution in [3.05, 3.63) is 65.2 Å². The lowest BCUT2D eigenvalue weighted by Crippen LogP contribution is -2.27. The van der Waals surface area contributed by atoms with Gasteiger partial charge < -0.3 is 20.1 Å². The Morgan fingerprint density at radius 3 is 2.45 bits per heavy atom. The van der Waals surface area contributed by atoms with Crippen LogP contribution in [-0.2, 0) is 11.2 Å². The zero-order chi connectivity index (χ0) is 22.5. The second kappa shape index (κ2) is 13.4. The number of amides is 1. The summed E-state index contributed by atoms with van der Waals surface area (Å²) in [5.74, 6) is -0.422. The molecule has 0 heterocycles. The Balaban J connectivity index is 1.52. The molecule has 5 nitrogen and oxygen atoms in total. The maximum atomic E-state index is 13.1. The van der Waals surface area contributed by atoms with Crippen LogP contribution in [0.1, 0.15) is 30.4 Å². The van der Waals surface area contributed by atoms with Crippen LogP contribution in [0.25, 0.3) is 6.08 Å². The summed E-state index contributed by atoms with van der Waals surface area (Å²) < 4.78 is 36.6. The molecule has 0 saturated heterocycles. The SMILES string of the molecule is COc1ccc(CCCNCCCNC(=O)C/C=C/c2ccc(F)c(F)c2)cc1OC. The van der Waals surface area contributed by atoms with Gasteiger partial charge in [-0.15, -0.1) is 0 Å². The minimum Gasteiger partial charge on any atom is -0.493 e. The number of hydrogen-bond acceptors (Lipinski definition) is 4. The van der Waals surface area contributed by atoms with Gasteiger partial charge in [-0.3, -0.25) is 4.79 Å². The minimum atomic E-state index is -0.900. The Bertz CT molecular complexity index is 872. The van der Waals surface area contributed by atoms with E-state index < -0.39 is 11.6 Å². The van der Waals surface area contributed by atoms with E-state index in [9.17, 15) is 13.6 Å². The molecular formula is C24H30F2N2O3. The average Bonchev–Trinajstić information content (AvgIpc) is 2.77. The standard InChI is InChI=1S/C24H30F2N2O3/c1-30-22-12-10-19(17-23(22)31-2)7-4-13-27-14-5-15-28-24(29)8-3-6-18-9-11-20(25)21(26)16-18/h3,6,9-12,16-17,27H,4-5,7-8,13-15H2,1-2H3,(H,28,29)/b6-3+. The van der Waals surface area contributed by atoms with Gasteiger partial charge in [0.2, 0.25) is 5.91 Å². The molecule has 7 heteroatoms. The van der Waals surface area contributed by atoms with Gasteiger partial charge in [-0.1, -0.05) is 24.3 Å². The normalized spacial score (nSPS) is 11.0. The number of carbonyl (C=O) groups is 1. The van der Waals surface area contributed by atoms with Gasteiger partial charge in [-0.25, -0.2) is 8.78 Å². The van der Waals surface area contributed by atoms with E-state index in [2.05, 4.69) is 10.6 Å². The number of benzene rings is 2. The van der Waals surface area contributed by atoms with Crippen molar-refractivity contribution in [2.45, 2.75) is 25.7 Å². The molecule has 31 heavy (non-hydrogen) atoms. The van der Waals surface area contributed by atoms with E-state index in [-0.39, 0.29) is 12.3 Å². The Hall–Kier alpha value is -2.93. The number of rotatable bonds is 13. The van der Waals surface area contributed by atoms with Crippen LogP contribution in [0.15, 0.2) is 42.5 Å². The van der Waals surface area contributed by atoms with E-state index in [0.29, 0.717) is 12.1 Å². The third kappa shape index (κ3) is 8.76. The number of hydrogen-bond donors (Lipinski definition) is 2. The molecular weight excluding hydrogens is 402 g/mol. The van der Waals surface area contributed by atoms with Gasteiger partial charge in [0.25, 0.3) is 0 Å². The predicted octanol–water partition coefficient (Wildman–Crippen LogP) is 4.11. The molecule has 2 rings (SSSR count). The lowest BCUT2D eigenvalue weighted by Gasteiger charge is -2.10. The first-order chi connectivity index (χ1) is 15.0. The van der Waals surface area contributed by atoms with E-state index in [1.807, 2.05) is 18.2 Å². The van der Waals surface area contributed by atoms with Gasteiger partial charge >= 0.3 is 0 Å².